The first-order chi connectivity index (χ1) is 13.7. The van der Waals surface area contributed by atoms with E-state index < -0.39 is 47.5 Å². The van der Waals surface area contributed by atoms with Gasteiger partial charge in [-0.15, -0.1) is 0 Å². The molecule has 0 aromatic heterocycles. The third kappa shape index (κ3) is 5.60. The Labute approximate surface area is 171 Å². The second-order valence-corrected chi connectivity index (χ2v) is 8.12. The lowest BCUT2D eigenvalue weighted by Gasteiger charge is -2.43. The first-order valence-corrected chi connectivity index (χ1v) is 9.57. The highest BCUT2D eigenvalue weighted by Gasteiger charge is 2.46. The molecule has 1 saturated heterocycles. The number of benzene rings is 1. The molecule has 2 atom stereocenters. The summed E-state index contributed by atoms with van der Waals surface area (Å²) < 4.78 is 72.6. The van der Waals surface area contributed by atoms with Gasteiger partial charge in [-0.25, -0.2) is 13.6 Å². The normalized spacial score (nSPS) is 20.1. The lowest BCUT2D eigenvalue weighted by Crippen LogP contribution is -2.53. The van der Waals surface area contributed by atoms with Crippen molar-refractivity contribution in [3.8, 4) is 0 Å². The lowest BCUT2D eigenvalue weighted by molar-refractivity contribution is -0.188. The zero-order valence-electron chi connectivity index (χ0n) is 17.2. The summed E-state index contributed by atoms with van der Waals surface area (Å²) in [7, 11) is 0. The van der Waals surface area contributed by atoms with Crippen LogP contribution in [0, 0.1) is 11.6 Å². The molecule has 0 radical (unpaired) electrons. The van der Waals surface area contributed by atoms with E-state index >= 15 is 0 Å². The number of carbonyl (C=O) groups excluding carboxylic acids is 2. The fourth-order valence-electron chi connectivity index (χ4n) is 3.56. The Morgan fingerprint density at radius 1 is 1.20 bits per heavy atom. The summed E-state index contributed by atoms with van der Waals surface area (Å²) >= 11 is 0. The van der Waals surface area contributed by atoms with Crippen LogP contribution in [0.15, 0.2) is 18.2 Å². The van der Waals surface area contributed by atoms with Gasteiger partial charge in [-0.3, -0.25) is 4.79 Å². The molecule has 0 spiro atoms. The standard InChI is InChI=1S/C20H25F5N2O3/c1-5-26(17(28)20(23,24)25)13-8-9-27(18(29)30-19(2,3)4)16(11-13)14-10-12(21)6-7-15(14)22/h6-7,10,13,16H,5,8-9,11H2,1-4H3/t13-,16+/m1/s1. The number of piperidine rings is 1. The number of nitrogens with zero attached hydrogens (tertiary/aromatic N) is 2. The van der Waals surface area contributed by atoms with E-state index in [1.165, 1.54) is 11.8 Å². The summed E-state index contributed by atoms with van der Waals surface area (Å²) in [5.74, 6) is -3.56. The van der Waals surface area contributed by atoms with Crippen molar-refractivity contribution in [2.24, 2.45) is 0 Å². The highest BCUT2D eigenvalue weighted by atomic mass is 19.4. The fourth-order valence-corrected chi connectivity index (χ4v) is 3.56. The molecular weight excluding hydrogens is 411 g/mol. The largest absolute Gasteiger partial charge is 0.471 e. The van der Waals surface area contributed by atoms with E-state index in [9.17, 15) is 31.5 Å². The molecule has 0 aliphatic carbocycles. The number of carbonyl (C=O) groups is 2. The maximum Gasteiger partial charge on any atom is 0.471 e. The van der Waals surface area contributed by atoms with Gasteiger partial charge in [0, 0.05) is 24.7 Å². The second-order valence-electron chi connectivity index (χ2n) is 8.12. The third-order valence-electron chi connectivity index (χ3n) is 4.80. The predicted octanol–water partition coefficient (Wildman–Crippen LogP) is 4.82. The van der Waals surface area contributed by atoms with Crippen molar-refractivity contribution in [1.82, 2.24) is 9.80 Å². The zero-order chi connectivity index (χ0) is 22.9. The smallest absolute Gasteiger partial charge is 0.444 e. The van der Waals surface area contributed by atoms with Crippen molar-refractivity contribution >= 4 is 12.0 Å². The maximum absolute atomic E-state index is 14.5. The number of alkyl halides is 3. The molecule has 0 unspecified atom stereocenters. The van der Waals surface area contributed by atoms with E-state index in [4.69, 9.17) is 4.74 Å². The van der Waals surface area contributed by atoms with Gasteiger partial charge in [-0.05, 0) is 58.7 Å². The summed E-state index contributed by atoms with van der Waals surface area (Å²) in [5, 5.41) is 0. The number of hydrogen-bond acceptors (Lipinski definition) is 3. The lowest BCUT2D eigenvalue weighted by atomic mass is 9.90. The molecule has 0 N–H and O–H groups in total. The van der Waals surface area contributed by atoms with Crippen LogP contribution in [0.5, 0.6) is 0 Å². The summed E-state index contributed by atoms with van der Waals surface area (Å²) in [5.41, 5.74) is -1.04. The van der Waals surface area contributed by atoms with Gasteiger partial charge >= 0.3 is 18.2 Å². The minimum atomic E-state index is -5.06. The highest BCUT2D eigenvalue weighted by molar-refractivity contribution is 5.82. The molecule has 1 heterocycles. The van der Waals surface area contributed by atoms with Gasteiger partial charge < -0.3 is 14.5 Å². The van der Waals surface area contributed by atoms with Crippen molar-refractivity contribution in [2.45, 2.75) is 64.4 Å². The average Bonchev–Trinajstić information content (AvgIpc) is 2.62. The first kappa shape index (κ1) is 23.9. The second kappa shape index (κ2) is 8.77. The summed E-state index contributed by atoms with van der Waals surface area (Å²) in [6.07, 6.45) is -5.99. The van der Waals surface area contributed by atoms with Crippen LogP contribution in [-0.2, 0) is 9.53 Å². The first-order valence-electron chi connectivity index (χ1n) is 9.57. The Hall–Kier alpha value is -2.39. The van der Waals surface area contributed by atoms with Gasteiger partial charge in [-0.2, -0.15) is 13.2 Å². The van der Waals surface area contributed by atoms with Crippen molar-refractivity contribution in [3.63, 3.8) is 0 Å². The van der Waals surface area contributed by atoms with Crippen LogP contribution >= 0.6 is 0 Å². The molecule has 2 rings (SSSR count). The number of rotatable bonds is 3. The van der Waals surface area contributed by atoms with Crippen LogP contribution in [0.25, 0.3) is 0 Å². The van der Waals surface area contributed by atoms with E-state index in [1.807, 2.05) is 0 Å². The number of halogens is 5. The molecular formula is C20H25F5N2O3. The molecule has 5 nitrogen and oxygen atoms in total. The molecule has 2 amide bonds. The SMILES string of the molecule is CCN(C(=O)C(F)(F)F)[C@@H]1CCN(C(=O)OC(C)(C)C)[C@H](c2cc(F)ccc2F)C1. The van der Waals surface area contributed by atoms with Crippen molar-refractivity contribution < 1.29 is 36.3 Å². The van der Waals surface area contributed by atoms with E-state index in [1.54, 1.807) is 20.8 Å². The Balaban J connectivity index is 2.41. The van der Waals surface area contributed by atoms with E-state index in [0.29, 0.717) is 4.90 Å². The Morgan fingerprint density at radius 2 is 1.83 bits per heavy atom. The Morgan fingerprint density at radius 3 is 2.37 bits per heavy atom. The minimum Gasteiger partial charge on any atom is -0.444 e. The quantitative estimate of drug-likeness (QED) is 0.639. The highest BCUT2D eigenvalue weighted by Crippen LogP contribution is 2.37. The van der Waals surface area contributed by atoms with Crippen LogP contribution < -0.4 is 0 Å². The fraction of sp³-hybridized carbons (Fsp3) is 0.600. The molecule has 1 aromatic rings. The monoisotopic (exact) mass is 436 g/mol. The Kier molecular flexibility index (Phi) is 6.98. The molecule has 1 aliphatic heterocycles. The van der Waals surface area contributed by atoms with Gasteiger partial charge in [0.25, 0.3) is 0 Å². The molecule has 168 valence electrons. The van der Waals surface area contributed by atoms with Crippen LogP contribution in [-0.4, -0.2) is 52.7 Å². The van der Waals surface area contributed by atoms with Crippen LogP contribution in [0.1, 0.15) is 52.1 Å². The number of likely N-dealkylation sites (tertiary alicyclic amines) is 1. The molecule has 10 heteroatoms. The van der Waals surface area contributed by atoms with Gasteiger partial charge in [-0.1, -0.05) is 0 Å². The summed E-state index contributed by atoms with van der Waals surface area (Å²) in [6.45, 7) is 6.01. The van der Waals surface area contributed by atoms with Crippen molar-refractivity contribution in [1.29, 1.82) is 0 Å². The molecule has 1 aromatic carbocycles. The molecule has 30 heavy (non-hydrogen) atoms. The number of ether oxygens (including phenoxy) is 1. The topological polar surface area (TPSA) is 49.9 Å². The van der Waals surface area contributed by atoms with Gasteiger partial charge in [0.15, 0.2) is 0 Å². The van der Waals surface area contributed by atoms with Crippen molar-refractivity contribution in [3.05, 3.63) is 35.4 Å². The molecule has 0 saturated carbocycles. The van der Waals surface area contributed by atoms with E-state index in [2.05, 4.69) is 0 Å². The van der Waals surface area contributed by atoms with Gasteiger partial charge in [0.2, 0.25) is 0 Å². The van der Waals surface area contributed by atoms with Crippen LogP contribution in [0.3, 0.4) is 0 Å². The molecule has 1 fully saturated rings. The zero-order valence-corrected chi connectivity index (χ0v) is 17.2. The van der Waals surface area contributed by atoms with Gasteiger partial charge in [0.05, 0.1) is 6.04 Å². The molecule has 1 aliphatic rings. The predicted molar refractivity (Wildman–Crippen MR) is 98.5 cm³/mol. The summed E-state index contributed by atoms with van der Waals surface area (Å²) in [4.78, 5) is 26.3. The maximum atomic E-state index is 14.5. The van der Waals surface area contributed by atoms with Gasteiger partial charge in [0.1, 0.15) is 17.2 Å². The van der Waals surface area contributed by atoms with E-state index in [-0.39, 0.29) is 31.5 Å². The van der Waals surface area contributed by atoms with E-state index in [0.717, 1.165) is 18.2 Å². The Bertz CT molecular complexity index is 792. The van der Waals surface area contributed by atoms with Crippen LogP contribution in [0.2, 0.25) is 0 Å². The van der Waals surface area contributed by atoms with Crippen LogP contribution in [0.4, 0.5) is 26.7 Å². The number of hydrogen-bond donors (Lipinski definition) is 0. The van der Waals surface area contributed by atoms with Crippen molar-refractivity contribution in [2.75, 3.05) is 13.1 Å². The molecule has 0 bridgehead atoms. The number of amides is 2. The minimum absolute atomic E-state index is 0.0440. The summed E-state index contributed by atoms with van der Waals surface area (Å²) in [6, 6.07) is 0.698. The average molecular weight is 436 g/mol. The third-order valence-corrected chi connectivity index (χ3v) is 4.80.